The highest BCUT2D eigenvalue weighted by Crippen LogP contribution is 2.18. The maximum Gasteiger partial charge on any atom is 0.473 e. The van der Waals surface area contributed by atoms with Gasteiger partial charge in [0.15, 0.2) is 0 Å². The van der Waals surface area contributed by atoms with Crippen LogP contribution >= 0.6 is 0 Å². The molecule has 0 aromatic carbocycles. The van der Waals surface area contributed by atoms with Gasteiger partial charge in [-0.2, -0.15) is 31.7 Å². The molecule has 0 bridgehead atoms. The van der Waals surface area contributed by atoms with Crippen LogP contribution in [0.5, 0.6) is 0 Å². The smallest absolute Gasteiger partial charge is 0.262 e. The maximum atomic E-state index is 11.2. The molecule has 1 radical (unpaired) electrons. The Kier molecular flexibility index (Phi) is 2.91. The van der Waals surface area contributed by atoms with Crippen LogP contribution in [-0.2, 0) is 9.59 Å². The van der Waals surface area contributed by atoms with Crippen molar-refractivity contribution in [2.24, 2.45) is 0 Å². The Morgan fingerprint density at radius 1 is 0.769 bits per heavy atom. The summed E-state index contributed by atoms with van der Waals surface area (Å²) in [7, 11) is 0. The van der Waals surface area contributed by atoms with Crippen molar-refractivity contribution < 1.29 is 35.9 Å². The number of halogens is 6. The van der Waals surface area contributed by atoms with Crippen molar-refractivity contribution >= 4 is 11.8 Å². The van der Waals surface area contributed by atoms with Gasteiger partial charge in [-0.3, -0.25) is 9.59 Å². The predicted octanol–water partition coefficient (Wildman–Crippen LogP) is 0.769. The number of amides is 2. The van der Waals surface area contributed by atoms with Gasteiger partial charge in [-0.25, -0.2) is 0 Å². The number of rotatable bonds is 0. The second-order valence-electron chi connectivity index (χ2n) is 1.72. The van der Waals surface area contributed by atoms with Crippen LogP contribution in [0.15, 0.2) is 0 Å². The molecule has 9 heteroatoms. The van der Waals surface area contributed by atoms with E-state index in [-0.39, 0.29) is 0 Å². The standard InChI is InChI=1S/C4F6NO2/c5-3(6,7)1(12)11-2(13)4(8,9)10. The Bertz CT molecular complexity index is 204. The minimum atomic E-state index is -5.57. The normalized spacial score (nSPS) is 12.5. The zero-order valence-electron chi connectivity index (χ0n) is 5.53. The summed E-state index contributed by atoms with van der Waals surface area (Å²) >= 11 is 0. The molecule has 75 valence electrons. The number of carbonyl (C=O) groups excluding carboxylic acids is 2. The van der Waals surface area contributed by atoms with E-state index in [2.05, 4.69) is 0 Å². The van der Waals surface area contributed by atoms with E-state index in [1.807, 2.05) is 0 Å². The van der Waals surface area contributed by atoms with Gasteiger partial charge < -0.3 is 0 Å². The summed E-state index contributed by atoms with van der Waals surface area (Å²) in [6, 6.07) is 0. The van der Waals surface area contributed by atoms with Gasteiger partial charge in [0.05, 0.1) is 0 Å². The highest BCUT2D eigenvalue weighted by atomic mass is 19.4. The van der Waals surface area contributed by atoms with Crippen LogP contribution in [0.4, 0.5) is 26.3 Å². The second-order valence-corrected chi connectivity index (χ2v) is 1.72. The number of hydrogen-bond donors (Lipinski definition) is 0. The van der Waals surface area contributed by atoms with Crippen LogP contribution in [0.25, 0.3) is 0 Å². The zero-order valence-corrected chi connectivity index (χ0v) is 5.53. The van der Waals surface area contributed by atoms with Crippen LogP contribution in [0.2, 0.25) is 0 Å². The predicted molar refractivity (Wildman–Crippen MR) is 24.3 cm³/mol. The summed E-state index contributed by atoms with van der Waals surface area (Å²) in [6.45, 7) is 0. The average Bonchev–Trinajstić information content (AvgIpc) is 1.82. The van der Waals surface area contributed by atoms with Crippen molar-refractivity contribution in [3.8, 4) is 0 Å². The van der Waals surface area contributed by atoms with Gasteiger partial charge in [-0.1, -0.05) is 0 Å². The van der Waals surface area contributed by atoms with Gasteiger partial charge in [0.2, 0.25) is 0 Å². The van der Waals surface area contributed by atoms with Gasteiger partial charge in [0, 0.05) is 0 Å². The summed E-state index contributed by atoms with van der Waals surface area (Å²) < 4.78 is 67.4. The SMILES string of the molecule is O=C([N]C(=O)C(F)(F)F)C(F)(F)F. The molecule has 0 fully saturated rings. The van der Waals surface area contributed by atoms with E-state index in [9.17, 15) is 35.9 Å². The summed E-state index contributed by atoms with van der Waals surface area (Å²) in [5, 5.41) is 1.29. The van der Waals surface area contributed by atoms with Gasteiger partial charge >= 0.3 is 24.2 Å². The van der Waals surface area contributed by atoms with Crippen molar-refractivity contribution in [1.82, 2.24) is 5.32 Å². The Morgan fingerprint density at radius 3 is 1.15 bits per heavy atom. The molecule has 0 N–H and O–H groups in total. The number of carbonyl (C=O) groups is 2. The van der Waals surface area contributed by atoms with E-state index in [0.29, 0.717) is 0 Å². The van der Waals surface area contributed by atoms with Gasteiger partial charge in [-0.05, 0) is 0 Å². The van der Waals surface area contributed by atoms with Crippen molar-refractivity contribution in [3.63, 3.8) is 0 Å². The monoisotopic (exact) mass is 208 g/mol. The molecule has 0 aromatic heterocycles. The summed E-state index contributed by atoms with van der Waals surface area (Å²) in [6.07, 6.45) is -11.1. The topological polar surface area (TPSA) is 48.2 Å². The minimum Gasteiger partial charge on any atom is -0.262 e. The van der Waals surface area contributed by atoms with Crippen molar-refractivity contribution in [2.75, 3.05) is 0 Å². The zero-order chi connectivity index (χ0) is 10.9. The van der Waals surface area contributed by atoms with Gasteiger partial charge in [0.25, 0.3) is 0 Å². The minimum absolute atomic E-state index is 1.29. The first-order valence-electron chi connectivity index (χ1n) is 2.49. The van der Waals surface area contributed by atoms with Crippen molar-refractivity contribution in [2.45, 2.75) is 12.4 Å². The summed E-state index contributed by atoms with van der Waals surface area (Å²) in [5.74, 6) is -6.15. The van der Waals surface area contributed by atoms with Crippen LogP contribution in [0.1, 0.15) is 0 Å². The molecule has 0 aliphatic carbocycles. The first kappa shape index (κ1) is 11.7. The molecule has 0 aliphatic heterocycles. The summed E-state index contributed by atoms with van der Waals surface area (Å²) in [5.41, 5.74) is 0. The molecular formula is C4F6NO2. The van der Waals surface area contributed by atoms with Crippen LogP contribution in [0.3, 0.4) is 0 Å². The largest absolute Gasteiger partial charge is 0.473 e. The average molecular weight is 208 g/mol. The van der Waals surface area contributed by atoms with E-state index in [1.54, 1.807) is 0 Å². The third-order valence-corrected chi connectivity index (χ3v) is 0.688. The van der Waals surface area contributed by atoms with Crippen molar-refractivity contribution in [3.05, 3.63) is 0 Å². The van der Waals surface area contributed by atoms with Crippen LogP contribution in [0, 0.1) is 0 Å². The molecule has 2 amide bonds. The lowest BCUT2D eigenvalue weighted by Crippen LogP contribution is -2.41. The number of imide groups is 1. The number of nitrogens with zero attached hydrogens (tertiary/aromatic N) is 1. The Labute approximate surface area is 66.7 Å². The molecule has 0 aliphatic rings. The van der Waals surface area contributed by atoms with E-state index >= 15 is 0 Å². The molecule has 0 atom stereocenters. The van der Waals surface area contributed by atoms with E-state index in [0.717, 1.165) is 0 Å². The Balaban J connectivity index is 4.34. The fourth-order valence-electron chi connectivity index (χ4n) is 0.219. The lowest BCUT2D eigenvalue weighted by atomic mass is 10.5. The quantitative estimate of drug-likeness (QED) is 0.552. The molecule has 0 saturated carbocycles. The molecule has 0 saturated heterocycles. The van der Waals surface area contributed by atoms with E-state index in [4.69, 9.17) is 0 Å². The second kappa shape index (κ2) is 3.23. The molecule has 3 nitrogen and oxygen atoms in total. The Hall–Kier alpha value is -1.28. The van der Waals surface area contributed by atoms with Crippen molar-refractivity contribution in [1.29, 1.82) is 0 Å². The van der Waals surface area contributed by atoms with Gasteiger partial charge in [-0.15, -0.1) is 0 Å². The molecule has 0 heterocycles. The Morgan fingerprint density at radius 2 is 1.00 bits per heavy atom. The molecule has 0 aromatic rings. The lowest BCUT2D eigenvalue weighted by Gasteiger charge is -2.05. The molecule has 0 unspecified atom stereocenters. The third kappa shape index (κ3) is 3.76. The molecular weight excluding hydrogens is 208 g/mol. The number of alkyl halides is 6. The lowest BCUT2D eigenvalue weighted by molar-refractivity contribution is -0.187. The van der Waals surface area contributed by atoms with E-state index in [1.165, 1.54) is 5.32 Å². The highest BCUT2D eigenvalue weighted by molar-refractivity contribution is 5.99. The van der Waals surface area contributed by atoms with Crippen LogP contribution < -0.4 is 5.32 Å². The van der Waals surface area contributed by atoms with Crippen LogP contribution in [-0.4, -0.2) is 24.2 Å². The maximum absolute atomic E-state index is 11.2. The fraction of sp³-hybridized carbons (Fsp3) is 0.500. The fourth-order valence-corrected chi connectivity index (χ4v) is 0.219. The highest BCUT2D eigenvalue weighted by Gasteiger charge is 2.48. The number of hydrogen-bond acceptors (Lipinski definition) is 2. The molecule has 13 heavy (non-hydrogen) atoms. The van der Waals surface area contributed by atoms with E-state index < -0.39 is 24.2 Å². The molecule has 0 rings (SSSR count). The summed E-state index contributed by atoms with van der Waals surface area (Å²) in [4.78, 5) is 19.4. The first-order chi connectivity index (χ1) is 5.55. The van der Waals surface area contributed by atoms with Gasteiger partial charge in [0.1, 0.15) is 0 Å². The first-order valence-corrected chi connectivity index (χ1v) is 2.49. The third-order valence-electron chi connectivity index (χ3n) is 0.688. The molecule has 0 spiro atoms.